The monoisotopic (exact) mass is 287 g/mol. The molecule has 0 saturated heterocycles. The fourth-order valence-electron chi connectivity index (χ4n) is 2.32. The maximum Gasteiger partial charge on any atom is 0.0766 e. The van der Waals surface area contributed by atoms with Crippen molar-refractivity contribution >= 4 is 0 Å². The third kappa shape index (κ3) is 3.93. The molecular formula is C17H25N3O. The summed E-state index contributed by atoms with van der Waals surface area (Å²) in [5.74, 6) is 0. The number of nitrogens with one attached hydrogen (secondary N) is 1. The standard InChI is InChI=1S/C17H25N3O/c1-4-17(21,5-2)13-18-14(3)15-8-6-9-16(12-15)20-11-7-10-19-20/h6-12,14,18,21H,4-5,13H2,1-3H3. The minimum atomic E-state index is -0.617. The number of aromatic nitrogens is 2. The van der Waals surface area contributed by atoms with Crippen LogP contribution in [0.3, 0.4) is 0 Å². The Balaban J connectivity index is 2.06. The van der Waals surface area contributed by atoms with Crippen molar-refractivity contribution in [2.45, 2.75) is 45.3 Å². The first kappa shape index (κ1) is 15.7. The highest BCUT2D eigenvalue weighted by atomic mass is 16.3. The largest absolute Gasteiger partial charge is 0.389 e. The minimum Gasteiger partial charge on any atom is -0.389 e. The van der Waals surface area contributed by atoms with Crippen LogP contribution in [-0.4, -0.2) is 27.0 Å². The van der Waals surface area contributed by atoms with Gasteiger partial charge in [-0.2, -0.15) is 5.10 Å². The summed E-state index contributed by atoms with van der Waals surface area (Å²) in [6.45, 7) is 6.77. The fourth-order valence-corrected chi connectivity index (χ4v) is 2.32. The van der Waals surface area contributed by atoms with E-state index in [4.69, 9.17) is 0 Å². The molecule has 4 heteroatoms. The first-order valence-electron chi connectivity index (χ1n) is 7.63. The van der Waals surface area contributed by atoms with Gasteiger partial charge < -0.3 is 10.4 Å². The van der Waals surface area contributed by atoms with E-state index < -0.39 is 5.60 Å². The number of rotatable bonds is 7. The Morgan fingerprint density at radius 3 is 2.67 bits per heavy atom. The number of hydrogen-bond donors (Lipinski definition) is 2. The van der Waals surface area contributed by atoms with Crippen molar-refractivity contribution in [3.8, 4) is 5.69 Å². The SMILES string of the molecule is CCC(O)(CC)CNC(C)c1cccc(-n2cccn2)c1. The van der Waals surface area contributed by atoms with E-state index in [0.29, 0.717) is 6.54 Å². The number of benzene rings is 1. The Kier molecular flexibility index (Phi) is 5.15. The Labute approximate surface area is 126 Å². The van der Waals surface area contributed by atoms with E-state index in [1.807, 2.05) is 42.9 Å². The topological polar surface area (TPSA) is 50.1 Å². The minimum absolute atomic E-state index is 0.185. The van der Waals surface area contributed by atoms with E-state index in [0.717, 1.165) is 18.5 Å². The quantitative estimate of drug-likeness (QED) is 0.823. The van der Waals surface area contributed by atoms with Gasteiger partial charge in [-0.25, -0.2) is 4.68 Å². The van der Waals surface area contributed by atoms with Gasteiger partial charge in [-0.1, -0.05) is 26.0 Å². The van der Waals surface area contributed by atoms with Gasteiger partial charge in [-0.15, -0.1) is 0 Å². The second kappa shape index (κ2) is 6.87. The van der Waals surface area contributed by atoms with E-state index in [1.165, 1.54) is 5.56 Å². The van der Waals surface area contributed by atoms with Crippen molar-refractivity contribution < 1.29 is 5.11 Å². The summed E-state index contributed by atoms with van der Waals surface area (Å²) in [6.07, 6.45) is 5.23. The molecule has 0 aliphatic rings. The van der Waals surface area contributed by atoms with E-state index in [2.05, 4.69) is 29.5 Å². The Hall–Kier alpha value is -1.65. The molecule has 1 unspecified atom stereocenters. The Morgan fingerprint density at radius 2 is 2.05 bits per heavy atom. The van der Waals surface area contributed by atoms with Gasteiger partial charge in [0.05, 0.1) is 11.3 Å². The maximum atomic E-state index is 10.4. The summed E-state index contributed by atoms with van der Waals surface area (Å²) >= 11 is 0. The predicted molar refractivity (Wildman–Crippen MR) is 85.5 cm³/mol. The van der Waals surface area contributed by atoms with Crippen LogP contribution in [0, 0.1) is 0 Å². The number of hydrogen-bond acceptors (Lipinski definition) is 3. The fraction of sp³-hybridized carbons (Fsp3) is 0.471. The second-order valence-corrected chi connectivity index (χ2v) is 5.58. The Morgan fingerprint density at radius 1 is 1.29 bits per heavy atom. The molecule has 0 bridgehead atoms. The van der Waals surface area contributed by atoms with Crippen LogP contribution in [0.1, 0.15) is 45.2 Å². The summed E-state index contributed by atoms with van der Waals surface area (Å²) < 4.78 is 1.85. The molecule has 0 aliphatic heterocycles. The number of aliphatic hydroxyl groups is 1. The first-order valence-corrected chi connectivity index (χ1v) is 7.63. The molecule has 1 aromatic carbocycles. The van der Waals surface area contributed by atoms with Gasteiger partial charge in [0.2, 0.25) is 0 Å². The highest BCUT2D eigenvalue weighted by Crippen LogP contribution is 2.19. The lowest BCUT2D eigenvalue weighted by atomic mass is 9.96. The molecule has 114 valence electrons. The molecule has 0 fully saturated rings. The van der Waals surface area contributed by atoms with Crippen LogP contribution >= 0.6 is 0 Å². The van der Waals surface area contributed by atoms with E-state index >= 15 is 0 Å². The molecule has 21 heavy (non-hydrogen) atoms. The first-order chi connectivity index (χ1) is 10.1. The maximum absolute atomic E-state index is 10.4. The van der Waals surface area contributed by atoms with Crippen LogP contribution in [-0.2, 0) is 0 Å². The second-order valence-electron chi connectivity index (χ2n) is 5.58. The van der Waals surface area contributed by atoms with Gasteiger partial charge in [0.1, 0.15) is 0 Å². The van der Waals surface area contributed by atoms with Gasteiger partial charge in [-0.3, -0.25) is 0 Å². The molecule has 0 saturated carbocycles. The van der Waals surface area contributed by atoms with Crippen LogP contribution < -0.4 is 5.32 Å². The lowest BCUT2D eigenvalue weighted by Crippen LogP contribution is -2.40. The molecule has 4 nitrogen and oxygen atoms in total. The van der Waals surface area contributed by atoms with Gasteiger partial charge in [-0.05, 0) is 43.5 Å². The third-order valence-corrected chi connectivity index (χ3v) is 4.19. The zero-order valence-corrected chi connectivity index (χ0v) is 13.1. The molecule has 0 amide bonds. The van der Waals surface area contributed by atoms with Crippen molar-refractivity contribution in [2.75, 3.05) is 6.54 Å². The molecular weight excluding hydrogens is 262 g/mol. The molecule has 1 heterocycles. The molecule has 2 N–H and O–H groups in total. The van der Waals surface area contributed by atoms with Crippen LogP contribution in [0.5, 0.6) is 0 Å². The van der Waals surface area contributed by atoms with Gasteiger partial charge in [0.15, 0.2) is 0 Å². The highest BCUT2D eigenvalue weighted by Gasteiger charge is 2.22. The smallest absolute Gasteiger partial charge is 0.0766 e. The molecule has 2 rings (SSSR count). The zero-order valence-electron chi connectivity index (χ0n) is 13.1. The zero-order chi connectivity index (χ0) is 15.3. The summed E-state index contributed by atoms with van der Waals surface area (Å²) in [5.41, 5.74) is 1.62. The third-order valence-electron chi connectivity index (χ3n) is 4.19. The summed E-state index contributed by atoms with van der Waals surface area (Å²) in [5, 5.41) is 18.0. The highest BCUT2D eigenvalue weighted by molar-refractivity contribution is 5.36. The van der Waals surface area contributed by atoms with E-state index in [9.17, 15) is 5.11 Å². The summed E-state index contributed by atoms with van der Waals surface area (Å²) in [4.78, 5) is 0. The summed E-state index contributed by atoms with van der Waals surface area (Å²) in [7, 11) is 0. The summed E-state index contributed by atoms with van der Waals surface area (Å²) in [6, 6.07) is 10.4. The van der Waals surface area contributed by atoms with Crippen molar-refractivity contribution in [1.82, 2.24) is 15.1 Å². The molecule has 2 aromatic rings. The molecule has 1 atom stereocenters. The molecule has 0 radical (unpaired) electrons. The average Bonchev–Trinajstić information content (AvgIpc) is 3.07. The normalized spacial score (nSPS) is 13.3. The Bertz CT molecular complexity index is 547. The molecule has 1 aromatic heterocycles. The van der Waals surface area contributed by atoms with Crippen LogP contribution in [0.2, 0.25) is 0 Å². The molecule has 0 spiro atoms. The van der Waals surface area contributed by atoms with Gasteiger partial charge >= 0.3 is 0 Å². The van der Waals surface area contributed by atoms with Crippen LogP contribution in [0.25, 0.3) is 5.69 Å². The van der Waals surface area contributed by atoms with Crippen molar-refractivity contribution in [3.63, 3.8) is 0 Å². The lowest BCUT2D eigenvalue weighted by Gasteiger charge is -2.27. The van der Waals surface area contributed by atoms with Crippen molar-refractivity contribution in [1.29, 1.82) is 0 Å². The average molecular weight is 287 g/mol. The van der Waals surface area contributed by atoms with E-state index in [-0.39, 0.29) is 6.04 Å². The predicted octanol–water partition coefficient (Wildman–Crippen LogP) is 3.07. The van der Waals surface area contributed by atoms with E-state index in [1.54, 1.807) is 6.20 Å². The molecule has 0 aliphatic carbocycles. The van der Waals surface area contributed by atoms with Crippen molar-refractivity contribution in [2.24, 2.45) is 0 Å². The van der Waals surface area contributed by atoms with Gasteiger partial charge in [0, 0.05) is 25.0 Å². The lowest BCUT2D eigenvalue weighted by molar-refractivity contribution is 0.0303. The van der Waals surface area contributed by atoms with Crippen LogP contribution in [0.15, 0.2) is 42.7 Å². The number of nitrogens with zero attached hydrogens (tertiary/aromatic N) is 2. The van der Waals surface area contributed by atoms with Crippen LogP contribution in [0.4, 0.5) is 0 Å². The van der Waals surface area contributed by atoms with Crippen molar-refractivity contribution in [3.05, 3.63) is 48.3 Å². The van der Waals surface area contributed by atoms with Gasteiger partial charge in [0.25, 0.3) is 0 Å².